The molecule has 2 aromatic rings. The SMILES string of the molecule is CSc1ccc(C(=O)Nc2ccc(C(C)=O)cc2)cc1[N+](=O)[O-]. The van der Waals surface area contributed by atoms with E-state index in [0.29, 0.717) is 16.1 Å². The van der Waals surface area contributed by atoms with Crippen molar-refractivity contribution in [3.8, 4) is 0 Å². The third-order valence-electron chi connectivity index (χ3n) is 3.19. The number of rotatable bonds is 5. The lowest BCUT2D eigenvalue weighted by atomic mass is 10.1. The van der Waals surface area contributed by atoms with Gasteiger partial charge in [-0.25, -0.2) is 0 Å². The van der Waals surface area contributed by atoms with Crippen molar-refractivity contribution in [1.29, 1.82) is 0 Å². The second-order valence-electron chi connectivity index (χ2n) is 4.73. The first kappa shape index (κ1) is 16.7. The molecule has 2 aromatic carbocycles. The molecule has 0 heterocycles. The number of hydrogen-bond acceptors (Lipinski definition) is 5. The van der Waals surface area contributed by atoms with Gasteiger partial charge in [-0.1, -0.05) is 0 Å². The fraction of sp³-hybridized carbons (Fsp3) is 0.125. The van der Waals surface area contributed by atoms with Crippen molar-refractivity contribution in [2.75, 3.05) is 11.6 Å². The normalized spacial score (nSPS) is 10.2. The van der Waals surface area contributed by atoms with E-state index >= 15 is 0 Å². The summed E-state index contributed by atoms with van der Waals surface area (Å²) in [6.45, 7) is 1.46. The first-order valence-electron chi connectivity index (χ1n) is 6.67. The summed E-state index contributed by atoms with van der Waals surface area (Å²) in [5.41, 5.74) is 1.15. The van der Waals surface area contributed by atoms with Crippen molar-refractivity contribution < 1.29 is 14.5 Å². The lowest BCUT2D eigenvalue weighted by molar-refractivity contribution is -0.387. The van der Waals surface area contributed by atoms with Crippen LogP contribution >= 0.6 is 11.8 Å². The van der Waals surface area contributed by atoms with Crippen LogP contribution in [-0.4, -0.2) is 22.9 Å². The van der Waals surface area contributed by atoms with Crippen LogP contribution in [0.3, 0.4) is 0 Å². The van der Waals surface area contributed by atoms with Gasteiger partial charge in [0.1, 0.15) is 0 Å². The standard InChI is InChI=1S/C16H14N2O4S/c1-10(19)11-3-6-13(7-4-11)17-16(20)12-5-8-15(23-2)14(9-12)18(21)22/h3-9H,1-2H3,(H,17,20). The van der Waals surface area contributed by atoms with Crippen LogP contribution < -0.4 is 5.32 Å². The van der Waals surface area contributed by atoms with Gasteiger partial charge in [0, 0.05) is 22.9 Å². The molecule has 0 saturated carbocycles. The van der Waals surface area contributed by atoms with Crippen molar-refractivity contribution in [3.63, 3.8) is 0 Å². The van der Waals surface area contributed by atoms with E-state index in [9.17, 15) is 19.7 Å². The molecular formula is C16H14N2O4S. The first-order chi connectivity index (χ1) is 10.9. The van der Waals surface area contributed by atoms with Crippen LogP contribution in [0.1, 0.15) is 27.6 Å². The van der Waals surface area contributed by atoms with Gasteiger partial charge in [0.25, 0.3) is 11.6 Å². The van der Waals surface area contributed by atoms with Gasteiger partial charge in [-0.3, -0.25) is 19.7 Å². The Hall–Kier alpha value is -2.67. The predicted molar refractivity (Wildman–Crippen MR) is 89.3 cm³/mol. The molecule has 0 saturated heterocycles. The van der Waals surface area contributed by atoms with Crippen molar-refractivity contribution >= 4 is 34.8 Å². The Kier molecular flexibility index (Phi) is 5.13. The summed E-state index contributed by atoms with van der Waals surface area (Å²) in [6.07, 6.45) is 1.73. The molecule has 0 aliphatic heterocycles. The van der Waals surface area contributed by atoms with Crippen LogP contribution in [0.15, 0.2) is 47.4 Å². The molecule has 0 atom stereocenters. The van der Waals surface area contributed by atoms with Gasteiger partial charge in [-0.2, -0.15) is 0 Å². The fourth-order valence-corrected chi connectivity index (χ4v) is 2.51. The van der Waals surface area contributed by atoms with Gasteiger partial charge in [-0.05, 0) is 49.6 Å². The molecule has 2 rings (SSSR count). The van der Waals surface area contributed by atoms with E-state index in [2.05, 4.69) is 5.32 Å². The van der Waals surface area contributed by atoms with E-state index < -0.39 is 10.8 Å². The summed E-state index contributed by atoms with van der Waals surface area (Å²) in [4.78, 5) is 34.4. The van der Waals surface area contributed by atoms with Crippen LogP contribution in [0.4, 0.5) is 11.4 Å². The third kappa shape index (κ3) is 3.95. The van der Waals surface area contributed by atoms with Gasteiger partial charge in [0.15, 0.2) is 5.78 Å². The van der Waals surface area contributed by atoms with Crippen molar-refractivity contribution in [3.05, 3.63) is 63.7 Å². The fourth-order valence-electron chi connectivity index (χ4n) is 1.97. The van der Waals surface area contributed by atoms with Crippen LogP contribution in [0, 0.1) is 10.1 Å². The Balaban J connectivity index is 2.22. The number of ketones is 1. The smallest absolute Gasteiger partial charge is 0.283 e. The zero-order valence-electron chi connectivity index (χ0n) is 12.5. The highest BCUT2D eigenvalue weighted by Crippen LogP contribution is 2.28. The van der Waals surface area contributed by atoms with Crippen LogP contribution in [0.5, 0.6) is 0 Å². The first-order valence-corrected chi connectivity index (χ1v) is 7.89. The monoisotopic (exact) mass is 330 g/mol. The van der Waals surface area contributed by atoms with Crippen molar-refractivity contribution in [2.45, 2.75) is 11.8 Å². The maximum atomic E-state index is 12.2. The highest BCUT2D eigenvalue weighted by Gasteiger charge is 2.17. The number of nitro groups is 1. The topological polar surface area (TPSA) is 89.3 Å². The van der Waals surface area contributed by atoms with Crippen LogP contribution in [0.2, 0.25) is 0 Å². The maximum Gasteiger partial charge on any atom is 0.283 e. The van der Waals surface area contributed by atoms with E-state index in [1.165, 1.54) is 30.8 Å². The molecule has 0 aromatic heterocycles. The Morgan fingerprint density at radius 2 is 1.70 bits per heavy atom. The molecule has 7 heteroatoms. The highest BCUT2D eigenvalue weighted by molar-refractivity contribution is 7.98. The number of nitrogens with zero attached hydrogens (tertiary/aromatic N) is 1. The predicted octanol–water partition coefficient (Wildman–Crippen LogP) is 3.77. The lowest BCUT2D eigenvalue weighted by Gasteiger charge is -2.07. The summed E-state index contributed by atoms with van der Waals surface area (Å²) in [5.74, 6) is -0.512. The number of hydrogen-bond donors (Lipinski definition) is 1. The number of carbonyl (C=O) groups excluding carboxylic acids is 2. The minimum Gasteiger partial charge on any atom is -0.322 e. The molecule has 0 fully saturated rings. The third-order valence-corrected chi connectivity index (χ3v) is 3.97. The molecule has 0 bridgehead atoms. The van der Waals surface area contributed by atoms with Crippen molar-refractivity contribution in [1.82, 2.24) is 0 Å². The molecule has 0 spiro atoms. The second-order valence-corrected chi connectivity index (χ2v) is 5.58. The Morgan fingerprint density at radius 3 is 2.22 bits per heavy atom. The minimum absolute atomic E-state index is 0.0637. The molecule has 1 amide bonds. The van der Waals surface area contributed by atoms with Crippen molar-refractivity contribution in [2.24, 2.45) is 0 Å². The number of nitro benzene ring substituents is 1. The van der Waals surface area contributed by atoms with E-state index in [4.69, 9.17) is 0 Å². The summed E-state index contributed by atoms with van der Waals surface area (Å²) < 4.78 is 0. The molecule has 0 unspecified atom stereocenters. The Labute approximate surface area is 137 Å². The average Bonchev–Trinajstić information content (AvgIpc) is 2.54. The number of nitrogens with one attached hydrogen (secondary N) is 1. The van der Waals surface area contributed by atoms with E-state index in [1.54, 1.807) is 36.6 Å². The van der Waals surface area contributed by atoms with Gasteiger partial charge in [-0.15, -0.1) is 11.8 Å². The molecule has 118 valence electrons. The molecule has 1 N–H and O–H groups in total. The largest absolute Gasteiger partial charge is 0.322 e. The summed E-state index contributed by atoms with van der Waals surface area (Å²) in [7, 11) is 0. The average molecular weight is 330 g/mol. The summed E-state index contributed by atoms with van der Waals surface area (Å²) >= 11 is 1.25. The minimum atomic E-state index is -0.510. The molecule has 0 aliphatic carbocycles. The second kappa shape index (κ2) is 7.06. The molecule has 0 aliphatic rings. The molecular weight excluding hydrogens is 316 g/mol. The number of anilines is 1. The number of benzene rings is 2. The van der Waals surface area contributed by atoms with Gasteiger partial charge >= 0.3 is 0 Å². The maximum absolute atomic E-state index is 12.2. The highest BCUT2D eigenvalue weighted by atomic mass is 32.2. The number of amides is 1. The van der Waals surface area contributed by atoms with E-state index in [1.807, 2.05) is 0 Å². The summed E-state index contributed by atoms with van der Waals surface area (Å²) in [5, 5.41) is 13.7. The van der Waals surface area contributed by atoms with Crippen LogP contribution in [0.25, 0.3) is 0 Å². The molecule has 6 nitrogen and oxygen atoms in total. The van der Waals surface area contributed by atoms with Gasteiger partial charge in [0.2, 0.25) is 0 Å². The quantitative estimate of drug-likeness (QED) is 0.390. The number of thioether (sulfide) groups is 1. The lowest BCUT2D eigenvalue weighted by Crippen LogP contribution is -2.12. The number of Topliss-reactive ketones (excluding diaryl/α,β-unsaturated/α-hetero) is 1. The van der Waals surface area contributed by atoms with Crippen LogP contribution in [-0.2, 0) is 0 Å². The van der Waals surface area contributed by atoms with Gasteiger partial charge < -0.3 is 5.32 Å². The van der Waals surface area contributed by atoms with Gasteiger partial charge in [0.05, 0.1) is 9.82 Å². The molecule has 23 heavy (non-hydrogen) atoms. The Bertz CT molecular complexity index is 772. The molecule has 0 radical (unpaired) electrons. The zero-order chi connectivity index (χ0) is 17.0. The zero-order valence-corrected chi connectivity index (χ0v) is 13.3. The summed E-state index contributed by atoms with van der Waals surface area (Å²) in [6, 6.07) is 10.8. The number of carbonyl (C=O) groups is 2. The van der Waals surface area contributed by atoms with E-state index in [-0.39, 0.29) is 17.0 Å². The van der Waals surface area contributed by atoms with E-state index in [0.717, 1.165) is 0 Å². The Morgan fingerprint density at radius 1 is 1.09 bits per heavy atom.